The second-order valence-corrected chi connectivity index (χ2v) is 10.4. The van der Waals surface area contributed by atoms with Crippen molar-refractivity contribution in [1.82, 2.24) is 19.5 Å². The fourth-order valence-corrected chi connectivity index (χ4v) is 4.59. The fraction of sp³-hybridized carbons (Fsp3) is 0.440. The SMILES string of the molecule is CC(C)C(=O)O[C@H]1C[C@H](c2ccc3c(N=CN(C)C)ncnn23)O[C@]1(C)CO[P+](=O)Oc1ccccc1. The lowest BCUT2D eigenvalue weighted by Gasteiger charge is -2.28. The lowest BCUT2D eigenvalue weighted by Crippen LogP contribution is -2.43. The quantitative estimate of drug-likeness (QED) is 0.162. The van der Waals surface area contributed by atoms with E-state index in [-0.39, 0.29) is 18.5 Å². The van der Waals surface area contributed by atoms with Crippen LogP contribution in [0.15, 0.2) is 53.8 Å². The molecule has 1 aromatic carbocycles. The van der Waals surface area contributed by atoms with Gasteiger partial charge in [-0.1, -0.05) is 32.0 Å². The van der Waals surface area contributed by atoms with Gasteiger partial charge < -0.3 is 14.4 Å². The minimum atomic E-state index is -2.47. The maximum Gasteiger partial charge on any atom is 0.750 e. The third-order valence-electron chi connectivity index (χ3n) is 5.83. The zero-order valence-corrected chi connectivity index (χ0v) is 22.4. The molecule has 0 aliphatic carbocycles. The van der Waals surface area contributed by atoms with Crippen LogP contribution in [0.2, 0.25) is 0 Å². The van der Waals surface area contributed by atoms with E-state index in [0.717, 1.165) is 5.69 Å². The molecule has 1 aliphatic heterocycles. The van der Waals surface area contributed by atoms with Crippen molar-refractivity contribution in [3.8, 4) is 5.75 Å². The minimum Gasteiger partial charge on any atom is -0.459 e. The molecule has 4 atom stereocenters. The number of fused-ring (bicyclic) bond motifs is 1. The highest BCUT2D eigenvalue weighted by molar-refractivity contribution is 7.33. The fourth-order valence-electron chi connectivity index (χ4n) is 3.88. The number of aromatic nitrogens is 3. The summed E-state index contributed by atoms with van der Waals surface area (Å²) >= 11 is 0. The summed E-state index contributed by atoms with van der Waals surface area (Å²) in [6, 6.07) is 12.5. The van der Waals surface area contributed by atoms with Gasteiger partial charge in [0, 0.05) is 25.1 Å². The van der Waals surface area contributed by atoms with Crippen molar-refractivity contribution in [2.24, 2.45) is 10.9 Å². The molecule has 0 spiro atoms. The summed E-state index contributed by atoms with van der Waals surface area (Å²) in [6.07, 6.45) is 2.33. The molecule has 0 N–H and O–H groups in total. The smallest absolute Gasteiger partial charge is 0.459 e. The predicted octanol–water partition coefficient (Wildman–Crippen LogP) is 4.49. The van der Waals surface area contributed by atoms with Crippen molar-refractivity contribution in [2.45, 2.75) is 45.0 Å². The number of benzene rings is 1. The highest BCUT2D eigenvalue weighted by atomic mass is 31.1. The number of para-hydroxylation sites is 1. The number of aliphatic imine (C=N–C) groups is 1. The van der Waals surface area contributed by atoms with E-state index in [1.807, 2.05) is 37.2 Å². The Morgan fingerprint density at radius 1 is 1.30 bits per heavy atom. The minimum absolute atomic E-state index is 0.113. The number of carbonyl (C=O) groups excluding carboxylic acids is 1. The van der Waals surface area contributed by atoms with E-state index in [1.54, 1.807) is 55.9 Å². The van der Waals surface area contributed by atoms with Crippen LogP contribution in [0.1, 0.15) is 39.0 Å². The molecule has 0 amide bonds. The van der Waals surface area contributed by atoms with Gasteiger partial charge in [0.15, 0.2) is 11.6 Å². The number of esters is 1. The molecule has 0 radical (unpaired) electrons. The Kier molecular flexibility index (Phi) is 8.16. The van der Waals surface area contributed by atoms with Crippen LogP contribution >= 0.6 is 8.25 Å². The normalized spacial score (nSPS) is 22.1. The molecule has 0 saturated carbocycles. The first-order valence-corrected chi connectivity index (χ1v) is 13.0. The molecular weight excluding hydrogens is 497 g/mol. The summed E-state index contributed by atoms with van der Waals surface area (Å²) in [7, 11) is 1.27. The van der Waals surface area contributed by atoms with Crippen LogP contribution in [0.5, 0.6) is 5.75 Å². The van der Waals surface area contributed by atoms with Crippen molar-refractivity contribution in [3.05, 3.63) is 54.5 Å². The number of ether oxygens (including phenoxy) is 2. The van der Waals surface area contributed by atoms with Gasteiger partial charge in [-0.25, -0.2) is 19.0 Å². The van der Waals surface area contributed by atoms with E-state index in [1.165, 1.54) is 6.33 Å². The monoisotopic (exact) mass is 528 g/mol. The molecule has 4 rings (SSSR count). The van der Waals surface area contributed by atoms with Gasteiger partial charge in [0.1, 0.15) is 36.3 Å². The number of hydrogen-bond acceptors (Lipinski definition) is 9. The second-order valence-electron chi connectivity index (χ2n) is 9.48. The van der Waals surface area contributed by atoms with Gasteiger partial charge in [-0.3, -0.25) is 4.79 Å². The Hall–Kier alpha value is -3.40. The summed E-state index contributed by atoms with van der Waals surface area (Å²) in [5.74, 6) is 0.264. The number of hydrogen-bond donors (Lipinski definition) is 0. The molecule has 1 unspecified atom stereocenters. The van der Waals surface area contributed by atoms with Crippen molar-refractivity contribution >= 4 is 31.9 Å². The Balaban J connectivity index is 1.56. The highest BCUT2D eigenvalue weighted by Crippen LogP contribution is 2.44. The predicted molar refractivity (Wildman–Crippen MR) is 137 cm³/mol. The highest BCUT2D eigenvalue weighted by Gasteiger charge is 2.51. The Bertz CT molecular complexity index is 1280. The molecular formula is C25H31N5O6P+. The average molecular weight is 529 g/mol. The third-order valence-corrected chi connectivity index (χ3v) is 6.53. The first-order chi connectivity index (χ1) is 17.7. The Morgan fingerprint density at radius 3 is 2.76 bits per heavy atom. The average Bonchev–Trinajstić information content (AvgIpc) is 3.44. The lowest BCUT2D eigenvalue weighted by molar-refractivity contribution is -0.165. The van der Waals surface area contributed by atoms with Gasteiger partial charge in [-0.15, -0.1) is 4.52 Å². The molecule has 1 aliphatic rings. The molecule has 37 heavy (non-hydrogen) atoms. The topological polar surface area (TPSA) is 117 Å². The van der Waals surface area contributed by atoms with Crippen molar-refractivity contribution in [1.29, 1.82) is 0 Å². The first-order valence-electron chi connectivity index (χ1n) is 11.9. The molecule has 3 heterocycles. The first kappa shape index (κ1) is 26.7. The van der Waals surface area contributed by atoms with Gasteiger partial charge in [0.2, 0.25) is 0 Å². The maximum absolute atomic E-state index is 12.5. The van der Waals surface area contributed by atoms with Crippen LogP contribution in [0.4, 0.5) is 5.82 Å². The van der Waals surface area contributed by atoms with Crippen LogP contribution in [-0.2, 0) is 23.4 Å². The largest absolute Gasteiger partial charge is 0.750 e. The third kappa shape index (κ3) is 6.30. The molecule has 1 saturated heterocycles. The van der Waals surface area contributed by atoms with Crippen LogP contribution < -0.4 is 4.52 Å². The number of rotatable bonds is 10. The van der Waals surface area contributed by atoms with Gasteiger partial charge in [-0.05, 0) is 31.2 Å². The van der Waals surface area contributed by atoms with Crippen LogP contribution in [-0.4, -0.2) is 64.2 Å². The van der Waals surface area contributed by atoms with Crippen LogP contribution in [0, 0.1) is 5.92 Å². The van der Waals surface area contributed by atoms with Gasteiger partial charge in [0.25, 0.3) is 0 Å². The van der Waals surface area contributed by atoms with E-state index in [9.17, 15) is 9.36 Å². The zero-order chi connectivity index (χ0) is 26.6. The number of carbonyl (C=O) groups is 1. The maximum atomic E-state index is 12.5. The summed E-state index contributed by atoms with van der Waals surface area (Å²) < 4.78 is 37.4. The number of nitrogens with zero attached hydrogens (tertiary/aromatic N) is 5. The van der Waals surface area contributed by atoms with Gasteiger partial charge in [-0.2, -0.15) is 5.10 Å². The second kappa shape index (κ2) is 11.3. The standard InChI is InChI=1S/C25H31N5O6P/c1-17(2)24(31)34-22-13-21(19-11-12-20-23(27-16-29(4)5)26-15-28-30(19)20)35-25(22,3)14-33-37(32)36-18-9-7-6-8-10-18/h6-12,15-17,21-22H,13-14H2,1-5H3/q+1/t21-,22+,25-/m1/s1. The summed E-state index contributed by atoms with van der Waals surface area (Å²) in [5, 5.41) is 4.39. The molecule has 1 fully saturated rings. The van der Waals surface area contributed by atoms with Crippen LogP contribution in [0.25, 0.3) is 5.52 Å². The molecule has 0 bridgehead atoms. The molecule has 12 heteroatoms. The molecule has 2 aromatic heterocycles. The molecule has 11 nitrogen and oxygen atoms in total. The van der Waals surface area contributed by atoms with Crippen molar-refractivity contribution in [2.75, 3.05) is 20.7 Å². The Labute approximate surface area is 216 Å². The lowest BCUT2D eigenvalue weighted by atomic mass is 9.98. The van der Waals surface area contributed by atoms with Crippen molar-refractivity contribution in [3.63, 3.8) is 0 Å². The van der Waals surface area contributed by atoms with E-state index >= 15 is 0 Å². The van der Waals surface area contributed by atoms with E-state index < -0.39 is 26.1 Å². The van der Waals surface area contributed by atoms with Gasteiger partial charge >= 0.3 is 14.2 Å². The molecule has 196 valence electrons. The van der Waals surface area contributed by atoms with Crippen LogP contribution in [0.3, 0.4) is 0 Å². The van der Waals surface area contributed by atoms with E-state index in [0.29, 0.717) is 23.5 Å². The van der Waals surface area contributed by atoms with Gasteiger partial charge in [0.05, 0.1) is 18.0 Å². The van der Waals surface area contributed by atoms with E-state index in [2.05, 4.69) is 15.1 Å². The van der Waals surface area contributed by atoms with Crippen molar-refractivity contribution < 1.29 is 27.9 Å². The summed E-state index contributed by atoms with van der Waals surface area (Å²) in [4.78, 5) is 23.0. The zero-order valence-electron chi connectivity index (χ0n) is 21.5. The summed E-state index contributed by atoms with van der Waals surface area (Å²) in [6.45, 7) is 5.19. The summed E-state index contributed by atoms with van der Waals surface area (Å²) in [5.41, 5.74) is 0.376. The Morgan fingerprint density at radius 2 is 2.05 bits per heavy atom. The van der Waals surface area contributed by atoms with E-state index in [4.69, 9.17) is 18.5 Å². The molecule has 3 aromatic rings.